The van der Waals surface area contributed by atoms with E-state index in [4.69, 9.17) is 5.73 Å². The number of nitrogens with two attached hydrogens (primary N) is 1. The minimum Gasteiger partial charge on any atom is -0.349 e. The van der Waals surface area contributed by atoms with E-state index in [1.165, 1.54) is 4.88 Å². The standard InChI is InChI=1S/C13H20N2OS/c1-9(12-6-3-7-17-12)15-13(16)11-5-2-4-10(11)8-14/h3,6-7,9-11H,2,4-5,8,14H2,1H3,(H,15,16)/t9-,10?,11?/m0/s1. The summed E-state index contributed by atoms with van der Waals surface area (Å²) in [5.41, 5.74) is 5.71. The zero-order valence-electron chi connectivity index (χ0n) is 10.2. The number of amides is 1. The first-order chi connectivity index (χ1) is 8.22. The summed E-state index contributed by atoms with van der Waals surface area (Å²) in [5.74, 6) is 0.687. The average Bonchev–Trinajstić information content (AvgIpc) is 2.99. The van der Waals surface area contributed by atoms with Crippen LogP contribution in [-0.2, 0) is 4.79 Å². The summed E-state index contributed by atoms with van der Waals surface area (Å²) >= 11 is 1.68. The molecule has 1 heterocycles. The molecule has 94 valence electrons. The van der Waals surface area contributed by atoms with E-state index in [0.717, 1.165) is 19.3 Å². The first-order valence-electron chi connectivity index (χ1n) is 6.26. The molecule has 3 atom stereocenters. The number of hydrogen-bond donors (Lipinski definition) is 2. The lowest BCUT2D eigenvalue weighted by molar-refractivity contribution is -0.126. The molecule has 1 fully saturated rings. The van der Waals surface area contributed by atoms with Crippen molar-refractivity contribution in [3.63, 3.8) is 0 Å². The lowest BCUT2D eigenvalue weighted by Gasteiger charge is -2.20. The maximum atomic E-state index is 12.2. The molecule has 0 aliphatic heterocycles. The third kappa shape index (κ3) is 2.87. The molecule has 1 aromatic heterocycles. The predicted molar refractivity (Wildman–Crippen MR) is 70.8 cm³/mol. The van der Waals surface area contributed by atoms with Crippen molar-refractivity contribution in [3.05, 3.63) is 22.4 Å². The molecule has 4 heteroatoms. The molecule has 1 saturated carbocycles. The van der Waals surface area contributed by atoms with Gasteiger partial charge in [-0.05, 0) is 43.7 Å². The van der Waals surface area contributed by atoms with Gasteiger partial charge in [-0.2, -0.15) is 0 Å². The van der Waals surface area contributed by atoms with E-state index in [-0.39, 0.29) is 17.9 Å². The van der Waals surface area contributed by atoms with Crippen molar-refractivity contribution < 1.29 is 4.79 Å². The van der Waals surface area contributed by atoms with Gasteiger partial charge in [0.2, 0.25) is 5.91 Å². The Balaban J connectivity index is 1.92. The number of hydrogen-bond acceptors (Lipinski definition) is 3. The largest absolute Gasteiger partial charge is 0.349 e. The van der Waals surface area contributed by atoms with Gasteiger partial charge < -0.3 is 11.1 Å². The Hall–Kier alpha value is -0.870. The molecular weight excluding hydrogens is 232 g/mol. The molecule has 0 spiro atoms. The summed E-state index contributed by atoms with van der Waals surface area (Å²) in [7, 11) is 0. The zero-order valence-corrected chi connectivity index (χ0v) is 11.0. The molecule has 17 heavy (non-hydrogen) atoms. The molecule has 0 radical (unpaired) electrons. The Morgan fingerprint density at radius 1 is 1.65 bits per heavy atom. The lowest BCUT2D eigenvalue weighted by atomic mass is 9.95. The Bertz CT molecular complexity index is 364. The fourth-order valence-electron chi connectivity index (χ4n) is 2.59. The molecule has 1 aromatic rings. The van der Waals surface area contributed by atoms with Gasteiger partial charge in [-0.25, -0.2) is 0 Å². The smallest absolute Gasteiger partial charge is 0.223 e. The van der Waals surface area contributed by atoms with E-state index in [1.807, 2.05) is 18.4 Å². The van der Waals surface area contributed by atoms with Crippen LogP contribution in [0.4, 0.5) is 0 Å². The summed E-state index contributed by atoms with van der Waals surface area (Å²) in [5, 5.41) is 5.14. The number of nitrogens with one attached hydrogen (secondary N) is 1. The van der Waals surface area contributed by atoms with E-state index < -0.39 is 0 Å². The molecule has 1 amide bonds. The Morgan fingerprint density at radius 3 is 3.12 bits per heavy atom. The molecule has 1 aliphatic rings. The monoisotopic (exact) mass is 252 g/mol. The third-order valence-corrected chi connectivity index (χ3v) is 4.68. The minimum atomic E-state index is 0.113. The normalized spacial score (nSPS) is 25.8. The highest BCUT2D eigenvalue weighted by atomic mass is 32.1. The van der Waals surface area contributed by atoms with Gasteiger partial charge in [0.1, 0.15) is 0 Å². The number of rotatable bonds is 4. The van der Waals surface area contributed by atoms with Crippen molar-refractivity contribution in [2.24, 2.45) is 17.6 Å². The first kappa shape index (κ1) is 12.6. The maximum Gasteiger partial charge on any atom is 0.223 e. The Kier molecular flexibility index (Phi) is 4.18. The van der Waals surface area contributed by atoms with Gasteiger partial charge in [0.05, 0.1) is 6.04 Å². The van der Waals surface area contributed by atoms with Crippen LogP contribution in [0.15, 0.2) is 17.5 Å². The highest BCUT2D eigenvalue weighted by Gasteiger charge is 2.32. The second-order valence-corrected chi connectivity index (χ2v) is 5.76. The summed E-state index contributed by atoms with van der Waals surface area (Å²) < 4.78 is 0. The number of thiophene rings is 1. The lowest BCUT2D eigenvalue weighted by Crippen LogP contribution is -2.36. The highest BCUT2D eigenvalue weighted by Crippen LogP contribution is 2.31. The van der Waals surface area contributed by atoms with Crippen LogP contribution in [0.5, 0.6) is 0 Å². The third-order valence-electron chi connectivity index (χ3n) is 3.63. The SMILES string of the molecule is C[C@H](NC(=O)C1CCCC1CN)c1cccs1. The number of carbonyl (C=O) groups is 1. The Morgan fingerprint density at radius 2 is 2.47 bits per heavy atom. The van der Waals surface area contributed by atoms with Gasteiger partial charge in [-0.3, -0.25) is 4.79 Å². The van der Waals surface area contributed by atoms with E-state index in [2.05, 4.69) is 11.4 Å². The first-order valence-corrected chi connectivity index (χ1v) is 7.14. The van der Waals surface area contributed by atoms with Crippen LogP contribution < -0.4 is 11.1 Å². The summed E-state index contributed by atoms with van der Waals surface area (Å²) in [6.07, 6.45) is 3.22. The minimum absolute atomic E-state index is 0.113. The fourth-order valence-corrected chi connectivity index (χ4v) is 3.33. The van der Waals surface area contributed by atoms with Crippen molar-refractivity contribution in [1.82, 2.24) is 5.32 Å². The predicted octanol–water partition coefficient (Wildman–Crippen LogP) is 2.30. The quantitative estimate of drug-likeness (QED) is 0.864. The molecule has 3 nitrogen and oxygen atoms in total. The van der Waals surface area contributed by atoms with Crippen molar-refractivity contribution >= 4 is 17.2 Å². The molecular formula is C13H20N2OS. The van der Waals surface area contributed by atoms with Crippen LogP contribution >= 0.6 is 11.3 Å². The van der Waals surface area contributed by atoms with Crippen molar-refractivity contribution in [1.29, 1.82) is 0 Å². The van der Waals surface area contributed by atoms with E-state index >= 15 is 0 Å². The summed E-state index contributed by atoms with van der Waals surface area (Å²) in [4.78, 5) is 13.4. The van der Waals surface area contributed by atoms with Gasteiger partial charge >= 0.3 is 0 Å². The van der Waals surface area contributed by atoms with Crippen molar-refractivity contribution in [3.8, 4) is 0 Å². The van der Waals surface area contributed by atoms with Gasteiger partial charge in [0.15, 0.2) is 0 Å². The second-order valence-electron chi connectivity index (χ2n) is 4.78. The van der Waals surface area contributed by atoms with E-state index in [9.17, 15) is 4.79 Å². The summed E-state index contributed by atoms with van der Waals surface area (Å²) in [6, 6.07) is 4.19. The second kappa shape index (κ2) is 5.65. The molecule has 0 aromatic carbocycles. The van der Waals surface area contributed by atoms with Gasteiger partial charge in [-0.1, -0.05) is 12.5 Å². The summed E-state index contributed by atoms with van der Waals surface area (Å²) in [6.45, 7) is 2.67. The molecule has 2 rings (SSSR count). The topological polar surface area (TPSA) is 55.1 Å². The Labute approximate surface area is 106 Å². The van der Waals surface area contributed by atoms with E-state index in [1.54, 1.807) is 11.3 Å². The molecule has 1 aliphatic carbocycles. The average molecular weight is 252 g/mol. The van der Waals surface area contributed by atoms with Crippen LogP contribution in [0.2, 0.25) is 0 Å². The zero-order chi connectivity index (χ0) is 12.3. The van der Waals surface area contributed by atoms with Crippen LogP contribution in [0.25, 0.3) is 0 Å². The molecule has 2 unspecified atom stereocenters. The van der Waals surface area contributed by atoms with Crippen LogP contribution in [0.1, 0.15) is 37.1 Å². The fraction of sp³-hybridized carbons (Fsp3) is 0.615. The number of carbonyl (C=O) groups excluding carboxylic acids is 1. The molecule has 3 N–H and O–H groups in total. The molecule has 0 bridgehead atoms. The van der Waals surface area contributed by atoms with Crippen molar-refractivity contribution in [2.75, 3.05) is 6.54 Å². The van der Waals surface area contributed by atoms with E-state index in [0.29, 0.717) is 12.5 Å². The van der Waals surface area contributed by atoms with Crippen LogP contribution in [-0.4, -0.2) is 12.5 Å². The van der Waals surface area contributed by atoms with Crippen LogP contribution in [0, 0.1) is 11.8 Å². The van der Waals surface area contributed by atoms with Gasteiger partial charge in [0, 0.05) is 10.8 Å². The maximum absolute atomic E-state index is 12.2. The molecule has 0 saturated heterocycles. The van der Waals surface area contributed by atoms with Crippen molar-refractivity contribution in [2.45, 2.75) is 32.2 Å². The van der Waals surface area contributed by atoms with Gasteiger partial charge in [-0.15, -0.1) is 11.3 Å². The van der Waals surface area contributed by atoms with Crippen LogP contribution in [0.3, 0.4) is 0 Å². The van der Waals surface area contributed by atoms with Gasteiger partial charge in [0.25, 0.3) is 0 Å². The highest BCUT2D eigenvalue weighted by molar-refractivity contribution is 7.10.